The second-order valence-electron chi connectivity index (χ2n) is 2.40. The van der Waals surface area contributed by atoms with Crippen molar-refractivity contribution in [3.63, 3.8) is 0 Å². The van der Waals surface area contributed by atoms with Gasteiger partial charge in [0.1, 0.15) is 0 Å². The largest absolute Gasteiger partial charge is 0.387 e. The monoisotopic (exact) mass is 147 g/mol. The molecule has 0 aromatic carbocycles. The molecule has 0 saturated carbocycles. The molecule has 0 spiro atoms. The molecular formula is C8H9N3. The number of dihydropyridines is 1. The normalized spacial score (nSPS) is 15.8. The van der Waals surface area contributed by atoms with Crippen LogP contribution in [-0.4, -0.2) is 16.7 Å². The van der Waals surface area contributed by atoms with Crippen molar-refractivity contribution in [2.45, 2.75) is 0 Å². The van der Waals surface area contributed by atoms with E-state index < -0.39 is 0 Å². The Morgan fingerprint density at radius 1 is 1.45 bits per heavy atom. The number of aromatic nitrogens is 2. The first kappa shape index (κ1) is 6.22. The van der Waals surface area contributed by atoms with Crippen LogP contribution in [0.3, 0.4) is 0 Å². The maximum atomic E-state index is 3.88. The summed E-state index contributed by atoms with van der Waals surface area (Å²) in [5, 5.41) is 9.92. The number of nitrogens with one attached hydrogen (secondary N) is 2. The molecule has 56 valence electrons. The van der Waals surface area contributed by atoms with Crippen molar-refractivity contribution < 1.29 is 0 Å². The Hall–Kier alpha value is -1.51. The lowest BCUT2D eigenvalue weighted by atomic mass is 10.1. The van der Waals surface area contributed by atoms with Gasteiger partial charge in [-0.15, -0.1) is 0 Å². The highest BCUT2D eigenvalue weighted by molar-refractivity contribution is 5.66. The molecule has 0 fully saturated rings. The van der Waals surface area contributed by atoms with Gasteiger partial charge in [0.15, 0.2) is 0 Å². The minimum Gasteiger partial charge on any atom is -0.387 e. The van der Waals surface area contributed by atoms with E-state index in [2.05, 4.69) is 21.6 Å². The Bertz CT molecular complexity index is 282. The number of nitrogens with zero attached hydrogens (tertiary/aromatic N) is 1. The molecule has 0 amide bonds. The second-order valence-corrected chi connectivity index (χ2v) is 2.40. The van der Waals surface area contributed by atoms with Crippen molar-refractivity contribution in [3.8, 4) is 0 Å². The smallest absolute Gasteiger partial charge is 0.0627 e. The Labute approximate surface area is 64.8 Å². The third-order valence-electron chi connectivity index (χ3n) is 1.65. The van der Waals surface area contributed by atoms with E-state index in [1.165, 1.54) is 5.57 Å². The Kier molecular flexibility index (Phi) is 1.48. The van der Waals surface area contributed by atoms with E-state index in [-0.39, 0.29) is 0 Å². The Morgan fingerprint density at radius 2 is 2.45 bits per heavy atom. The molecule has 1 aliphatic heterocycles. The fourth-order valence-electron chi connectivity index (χ4n) is 1.08. The van der Waals surface area contributed by atoms with Crippen molar-refractivity contribution in [2.24, 2.45) is 0 Å². The number of aromatic amines is 1. The van der Waals surface area contributed by atoms with Crippen LogP contribution < -0.4 is 5.32 Å². The molecule has 0 aliphatic carbocycles. The number of hydrogen-bond acceptors (Lipinski definition) is 2. The summed E-state index contributed by atoms with van der Waals surface area (Å²) < 4.78 is 0. The van der Waals surface area contributed by atoms with E-state index >= 15 is 0 Å². The third-order valence-corrected chi connectivity index (χ3v) is 1.65. The Balaban J connectivity index is 2.29. The van der Waals surface area contributed by atoms with Crippen LogP contribution in [0.15, 0.2) is 30.6 Å². The molecule has 2 rings (SSSR count). The number of allylic oxidation sites excluding steroid dienone is 2. The van der Waals surface area contributed by atoms with Crippen molar-refractivity contribution in [3.05, 3.63) is 36.3 Å². The zero-order valence-electron chi connectivity index (χ0n) is 6.04. The van der Waals surface area contributed by atoms with Crippen LogP contribution >= 0.6 is 0 Å². The van der Waals surface area contributed by atoms with E-state index in [0.717, 1.165) is 12.2 Å². The second kappa shape index (κ2) is 2.62. The van der Waals surface area contributed by atoms with E-state index in [1.54, 1.807) is 6.20 Å². The first-order valence-corrected chi connectivity index (χ1v) is 3.55. The highest BCUT2D eigenvalue weighted by Gasteiger charge is 2.01. The van der Waals surface area contributed by atoms with Gasteiger partial charge in [-0.2, -0.15) is 5.10 Å². The average Bonchev–Trinajstić information content (AvgIpc) is 2.58. The lowest BCUT2D eigenvalue weighted by Crippen LogP contribution is -2.11. The van der Waals surface area contributed by atoms with Crippen LogP contribution in [0, 0.1) is 0 Å². The fraction of sp³-hybridized carbons (Fsp3) is 0.125. The predicted octanol–water partition coefficient (Wildman–Crippen LogP) is 0.910. The average molecular weight is 147 g/mol. The summed E-state index contributed by atoms with van der Waals surface area (Å²) in [5.41, 5.74) is 2.33. The summed E-state index contributed by atoms with van der Waals surface area (Å²) in [6.45, 7) is 0.874. The number of H-pyrrole nitrogens is 1. The van der Waals surface area contributed by atoms with Crippen molar-refractivity contribution in [2.75, 3.05) is 6.54 Å². The van der Waals surface area contributed by atoms with E-state index in [4.69, 9.17) is 0 Å². The standard InChI is InChI=1S/C8H9N3/c1-2-7(6-9-4-1)8-3-5-10-11-8/h1-5,9H,6H2,(H,10,11). The van der Waals surface area contributed by atoms with Gasteiger partial charge in [-0.25, -0.2) is 0 Å². The molecule has 1 aromatic heterocycles. The maximum absolute atomic E-state index is 3.88. The third kappa shape index (κ3) is 1.17. The minimum absolute atomic E-state index is 0.874. The number of rotatable bonds is 1. The van der Waals surface area contributed by atoms with Gasteiger partial charge in [0, 0.05) is 12.7 Å². The molecule has 0 bridgehead atoms. The van der Waals surface area contributed by atoms with Gasteiger partial charge >= 0.3 is 0 Å². The van der Waals surface area contributed by atoms with E-state index in [0.29, 0.717) is 0 Å². The molecule has 3 heteroatoms. The van der Waals surface area contributed by atoms with E-state index in [1.807, 2.05) is 18.3 Å². The van der Waals surface area contributed by atoms with Gasteiger partial charge < -0.3 is 5.32 Å². The van der Waals surface area contributed by atoms with Gasteiger partial charge in [-0.3, -0.25) is 5.10 Å². The molecule has 11 heavy (non-hydrogen) atoms. The zero-order chi connectivity index (χ0) is 7.52. The van der Waals surface area contributed by atoms with Gasteiger partial charge in [0.2, 0.25) is 0 Å². The quantitative estimate of drug-likeness (QED) is 0.620. The van der Waals surface area contributed by atoms with Gasteiger partial charge in [-0.1, -0.05) is 6.08 Å². The highest BCUT2D eigenvalue weighted by Crippen LogP contribution is 2.11. The predicted molar refractivity (Wildman–Crippen MR) is 43.7 cm³/mol. The van der Waals surface area contributed by atoms with Crippen molar-refractivity contribution >= 4 is 5.57 Å². The zero-order valence-corrected chi connectivity index (χ0v) is 6.04. The molecule has 0 unspecified atom stereocenters. The van der Waals surface area contributed by atoms with Crippen LogP contribution in [0.25, 0.3) is 5.57 Å². The SMILES string of the molecule is C1=CNCC(c2ccn[nH]2)=C1. The molecule has 3 nitrogen and oxygen atoms in total. The molecule has 2 heterocycles. The highest BCUT2D eigenvalue weighted by atomic mass is 15.1. The van der Waals surface area contributed by atoms with Crippen molar-refractivity contribution in [1.29, 1.82) is 0 Å². The van der Waals surface area contributed by atoms with Crippen molar-refractivity contribution in [1.82, 2.24) is 15.5 Å². The topological polar surface area (TPSA) is 40.7 Å². The van der Waals surface area contributed by atoms with Gasteiger partial charge in [0.05, 0.1) is 5.69 Å². The molecule has 1 aliphatic rings. The number of hydrogen-bond donors (Lipinski definition) is 2. The van der Waals surface area contributed by atoms with E-state index in [9.17, 15) is 0 Å². The van der Waals surface area contributed by atoms with Gasteiger partial charge in [-0.05, 0) is 23.9 Å². The summed E-state index contributed by atoms with van der Waals surface area (Å²) >= 11 is 0. The summed E-state index contributed by atoms with van der Waals surface area (Å²) in [4.78, 5) is 0. The van der Waals surface area contributed by atoms with Crippen LogP contribution in [0.5, 0.6) is 0 Å². The van der Waals surface area contributed by atoms with Crippen LogP contribution in [-0.2, 0) is 0 Å². The Morgan fingerprint density at radius 3 is 3.09 bits per heavy atom. The summed E-state index contributed by atoms with van der Waals surface area (Å²) in [6.07, 6.45) is 7.75. The molecule has 2 N–H and O–H groups in total. The summed E-state index contributed by atoms with van der Waals surface area (Å²) in [6, 6.07) is 1.96. The lowest BCUT2D eigenvalue weighted by Gasteiger charge is -2.07. The molecule has 0 atom stereocenters. The molecule has 0 saturated heterocycles. The first-order valence-electron chi connectivity index (χ1n) is 3.55. The van der Waals surface area contributed by atoms with Crippen LogP contribution in [0.2, 0.25) is 0 Å². The van der Waals surface area contributed by atoms with Crippen LogP contribution in [0.4, 0.5) is 0 Å². The van der Waals surface area contributed by atoms with Crippen LogP contribution in [0.1, 0.15) is 5.69 Å². The lowest BCUT2D eigenvalue weighted by molar-refractivity contribution is 0.969. The molecule has 1 aromatic rings. The molecular weight excluding hydrogens is 138 g/mol. The first-order chi connectivity index (χ1) is 5.47. The molecule has 0 radical (unpaired) electrons. The maximum Gasteiger partial charge on any atom is 0.0627 e. The summed E-state index contributed by atoms with van der Waals surface area (Å²) in [5.74, 6) is 0. The summed E-state index contributed by atoms with van der Waals surface area (Å²) in [7, 11) is 0. The minimum atomic E-state index is 0.874. The van der Waals surface area contributed by atoms with Gasteiger partial charge in [0.25, 0.3) is 0 Å². The fourth-order valence-corrected chi connectivity index (χ4v) is 1.08.